The van der Waals surface area contributed by atoms with Crippen molar-refractivity contribution in [2.24, 2.45) is 0 Å². The van der Waals surface area contributed by atoms with Crippen molar-refractivity contribution >= 4 is 16.9 Å². The number of hydrogen-bond donors (Lipinski definition) is 2. The van der Waals surface area contributed by atoms with Crippen LogP contribution in [0.3, 0.4) is 0 Å². The molecule has 5 heteroatoms. The van der Waals surface area contributed by atoms with Gasteiger partial charge in [-0.05, 0) is 13.0 Å². The van der Waals surface area contributed by atoms with Gasteiger partial charge >= 0.3 is 5.97 Å². The number of fused-ring (bicyclic) bond motifs is 1. The normalized spacial score (nSPS) is 11.1. The molecule has 0 aliphatic heterocycles. The van der Waals surface area contributed by atoms with Gasteiger partial charge in [-0.15, -0.1) is 0 Å². The van der Waals surface area contributed by atoms with Crippen LogP contribution in [0.2, 0.25) is 0 Å². The van der Waals surface area contributed by atoms with Gasteiger partial charge in [0.25, 0.3) is 0 Å². The van der Waals surface area contributed by atoms with Crippen LogP contribution in [0.1, 0.15) is 12.2 Å². The van der Waals surface area contributed by atoms with E-state index in [-0.39, 0.29) is 6.42 Å². The Labute approximate surface area is 115 Å². The predicted molar refractivity (Wildman–Crippen MR) is 76.5 cm³/mol. The van der Waals surface area contributed by atoms with Crippen LogP contribution >= 0.6 is 0 Å². The number of aliphatic carboxylic acids is 1. The molecule has 2 aromatic heterocycles. The van der Waals surface area contributed by atoms with Crippen molar-refractivity contribution in [2.45, 2.75) is 19.9 Å². The molecule has 0 spiro atoms. The standard InChI is InChI=1S/C15H15N3O2/c1-10-17-14(9-18(10)7-6-15(19)20)12-8-16-13-5-3-2-4-11(12)13/h2-5,8-9,16H,6-7H2,1H3,(H,19,20). The lowest BCUT2D eigenvalue weighted by Crippen LogP contribution is -2.04. The van der Waals surface area contributed by atoms with Gasteiger partial charge in [-0.25, -0.2) is 4.98 Å². The van der Waals surface area contributed by atoms with E-state index >= 15 is 0 Å². The van der Waals surface area contributed by atoms with E-state index < -0.39 is 5.97 Å². The third-order valence-corrected chi connectivity index (χ3v) is 3.41. The molecule has 5 nitrogen and oxygen atoms in total. The molecule has 0 amide bonds. The van der Waals surface area contributed by atoms with Crippen molar-refractivity contribution in [3.05, 3.63) is 42.5 Å². The molecule has 0 saturated heterocycles. The van der Waals surface area contributed by atoms with Crippen LogP contribution in [0.5, 0.6) is 0 Å². The second-order valence-electron chi connectivity index (χ2n) is 4.76. The van der Waals surface area contributed by atoms with Crippen molar-refractivity contribution < 1.29 is 9.90 Å². The van der Waals surface area contributed by atoms with E-state index in [1.54, 1.807) is 0 Å². The smallest absolute Gasteiger partial charge is 0.305 e. The largest absolute Gasteiger partial charge is 0.481 e. The van der Waals surface area contributed by atoms with E-state index in [9.17, 15) is 4.79 Å². The molecule has 2 heterocycles. The lowest BCUT2D eigenvalue weighted by Gasteiger charge is -2.00. The number of imidazole rings is 1. The fraction of sp³-hybridized carbons (Fsp3) is 0.200. The minimum atomic E-state index is -0.799. The minimum absolute atomic E-state index is 0.102. The fourth-order valence-electron chi connectivity index (χ4n) is 2.36. The molecule has 1 aromatic carbocycles. The van der Waals surface area contributed by atoms with Gasteiger partial charge in [0.15, 0.2) is 0 Å². The number of carbonyl (C=O) groups is 1. The number of hydrogen-bond acceptors (Lipinski definition) is 2. The molecule has 0 saturated carbocycles. The number of aromatic amines is 1. The number of para-hydroxylation sites is 1. The number of rotatable bonds is 4. The number of nitrogens with one attached hydrogen (secondary N) is 1. The Bertz CT molecular complexity index is 770. The van der Waals surface area contributed by atoms with Gasteiger partial charge in [0.1, 0.15) is 5.82 Å². The Morgan fingerprint density at radius 3 is 3.00 bits per heavy atom. The Hall–Kier alpha value is -2.56. The van der Waals surface area contributed by atoms with Crippen molar-refractivity contribution in [3.8, 4) is 11.3 Å². The summed E-state index contributed by atoms with van der Waals surface area (Å²) >= 11 is 0. The molecule has 0 fully saturated rings. The average Bonchev–Trinajstić information content (AvgIpc) is 3.00. The first-order valence-electron chi connectivity index (χ1n) is 6.47. The van der Waals surface area contributed by atoms with Crippen molar-refractivity contribution in [3.63, 3.8) is 0 Å². The molecule has 3 aromatic rings. The Balaban J connectivity index is 1.98. The van der Waals surface area contributed by atoms with E-state index in [1.807, 2.05) is 48.1 Å². The van der Waals surface area contributed by atoms with Gasteiger partial charge in [-0.2, -0.15) is 0 Å². The number of carboxylic acids is 1. The van der Waals surface area contributed by atoms with Crippen LogP contribution in [0.25, 0.3) is 22.2 Å². The summed E-state index contributed by atoms with van der Waals surface area (Å²) in [5, 5.41) is 9.88. The summed E-state index contributed by atoms with van der Waals surface area (Å²) in [6.45, 7) is 2.33. The molecular formula is C15H15N3O2. The summed E-state index contributed by atoms with van der Waals surface area (Å²) in [4.78, 5) is 18.4. The fourth-order valence-corrected chi connectivity index (χ4v) is 2.36. The van der Waals surface area contributed by atoms with E-state index in [1.165, 1.54) is 0 Å². The monoisotopic (exact) mass is 269 g/mol. The van der Waals surface area contributed by atoms with Crippen LogP contribution in [0.15, 0.2) is 36.7 Å². The average molecular weight is 269 g/mol. The van der Waals surface area contributed by atoms with E-state index in [0.29, 0.717) is 6.54 Å². The molecular weight excluding hydrogens is 254 g/mol. The molecule has 0 aliphatic rings. The topological polar surface area (TPSA) is 70.9 Å². The van der Waals surface area contributed by atoms with Crippen LogP contribution in [0, 0.1) is 6.92 Å². The van der Waals surface area contributed by atoms with Gasteiger partial charge in [0.2, 0.25) is 0 Å². The maximum atomic E-state index is 10.7. The zero-order chi connectivity index (χ0) is 14.1. The Morgan fingerprint density at radius 1 is 1.40 bits per heavy atom. The first-order valence-corrected chi connectivity index (χ1v) is 6.47. The molecule has 0 radical (unpaired) electrons. The third kappa shape index (κ3) is 2.18. The first kappa shape index (κ1) is 12.5. The molecule has 2 N–H and O–H groups in total. The summed E-state index contributed by atoms with van der Waals surface area (Å²) < 4.78 is 1.88. The van der Waals surface area contributed by atoms with E-state index in [4.69, 9.17) is 5.11 Å². The number of benzene rings is 1. The summed E-state index contributed by atoms with van der Waals surface area (Å²) in [5.41, 5.74) is 2.98. The van der Waals surface area contributed by atoms with E-state index in [0.717, 1.165) is 28.0 Å². The highest BCUT2D eigenvalue weighted by Crippen LogP contribution is 2.27. The number of H-pyrrole nitrogens is 1. The number of carboxylic acid groups (broad SMARTS) is 1. The highest BCUT2D eigenvalue weighted by atomic mass is 16.4. The third-order valence-electron chi connectivity index (χ3n) is 3.41. The lowest BCUT2D eigenvalue weighted by molar-refractivity contribution is -0.137. The van der Waals surface area contributed by atoms with Gasteiger partial charge in [0.05, 0.1) is 12.1 Å². The summed E-state index contributed by atoms with van der Waals surface area (Å²) in [6.07, 6.45) is 3.95. The summed E-state index contributed by atoms with van der Waals surface area (Å²) in [7, 11) is 0. The van der Waals surface area contributed by atoms with Crippen LogP contribution < -0.4 is 0 Å². The highest BCUT2D eigenvalue weighted by Gasteiger charge is 2.11. The highest BCUT2D eigenvalue weighted by molar-refractivity contribution is 5.94. The molecule has 3 rings (SSSR count). The number of nitrogens with zero attached hydrogens (tertiary/aromatic N) is 2. The van der Waals surface area contributed by atoms with Crippen LogP contribution in [-0.4, -0.2) is 25.6 Å². The molecule has 0 unspecified atom stereocenters. The predicted octanol–water partition coefficient (Wildman–Crippen LogP) is 2.81. The van der Waals surface area contributed by atoms with Crippen LogP contribution in [0.4, 0.5) is 0 Å². The van der Waals surface area contributed by atoms with Gasteiger partial charge in [0, 0.05) is 35.4 Å². The SMILES string of the molecule is Cc1nc(-c2c[nH]c3ccccc23)cn1CCC(=O)O. The lowest BCUT2D eigenvalue weighted by atomic mass is 10.1. The Morgan fingerprint density at radius 2 is 2.20 bits per heavy atom. The van der Waals surface area contributed by atoms with E-state index in [2.05, 4.69) is 9.97 Å². The maximum Gasteiger partial charge on any atom is 0.305 e. The van der Waals surface area contributed by atoms with Crippen LogP contribution in [-0.2, 0) is 11.3 Å². The van der Waals surface area contributed by atoms with Crippen molar-refractivity contribution in [1.82, 2.24) is 14.5 Å². The molecule has 20 heavy (non-hydrogen) atoms. The second-order valence-corrected chi connectivity index (χ2v) is 4.76. The maximum absolute atomic E-state index is 10.7. The number of aryl methyl sites for hydroxylation is 2. The Kier molecular flexibility index (Phi) is 3.02. The molecule has 0 bridgehead atoms. The van der Waals surface area contributed by atoms with Crippen molar-refractivity contribution in [1.29, 1.82) is 0 Å². The second kappa shape index (κ2) is 4.85. The van der Waals surface area contributed by atoms with Gasteiger partial charge in [-0.3, -0.25) is 4.79 Å². The molecule has 102 valence electrons. The first-order chi connectivity index (χ1) is 9.65. The van der Waals surface area contributed by atoms with Gasteiger partial charge in [-0.1, -0.05) is 18.2 Å². The summed E-state index contributed by atoms with van der Waals surface area (Å²) in [5.74, 6) is 0.0262. The minimum Gasteiger partial charge on any atom is -0.481 e. The molecule has 0 atom stereocenters. The van der Waals surface area contributed by atoms with Gasteiger partial charge < -0.3 is 14.7 Å². The zero-order valence-corrected chi connectivity index (χ0v) is 11.1. The molecule has 0 aliphatic carbocycles. The van der Waals surface area contributed by atoms with Crippen molar-refractivity contribution in [2.75, 3.05) is 0 Å². The number of aromatic nitrogens is 3. The zero-order valence-electron chi connectivity index (χ0n) is 11.1. The quantitative estimate of drug-likeness (QED) is 0.765. The summed E-state index contributed by atoms with van der Waals surface area (Å²) in [6, 6.07) is 8.05.